The first kappa shape index (κ1) is 13.5. The second kappa shape index (κ2) is 6.86. The molecule has 0 aromatic rings. The number of aliphatic hydroxyl groups is 1. The number of carbonyl (C=O) groups excluding carboxylic acids is 1. The first-order valence-electron chi connectivity index (χ1n) is 6.27. The third-order valence-corrected chi connectivity index (χ3v) is 3.19. The second-order valence-electron chi connectivity index (χ2n) is 4.80. The average Bonchev–Trinajstić information content (AvgIpc) is 2.27. The highest BCUT2D eigenvalue weighted by atomic mass is 16.3. The maximum absolute atomic E-state index is 11.4. The standard InChI is InChI=1S/C12H24N2O2/c1-10(2)14-7-5-11(6-8-14)13-12(16)4-3-9-15/h10-11,15H,3-9H2,1-2H3,(H,13,16). The van der Waals surface area contributed by atoms with E-state index in [0.717, 1.165) is 25.9 Å². The molecule has 94 valence electrons. The number of nitrogens with one attached hydrogen (secondary N) is 1. The van der Waals surface area contributed by atoms with Gasteiger partial charge in [-0.1, -0.05) is 0 Å². The molecule has 0 aromatic carbocycles. The van der Waals surface area contributed by atoms with Crippen LogP contribution in [0.15, 0.2) is 0 Å². The van der Waals surface area contributed by atoms with E-state index in [0.29, 0.717) is 24.9 Å². The smallest absolute Gasteiger partial charge is 0.220 e. The van der Waals surface area contributed by atoms with Gasteiger partial charge in [-0.15, -0.1) is 0 Å². The number of amides is 1. The zero-order valence-corrected chi connectivity index (χ0v) is 10.4. The number of rotatable bonds is 5. The Labute approximate surface area is 98.0 Å². The zero-order chi connectivity index (χ0) is 12.0. The minimum atomic E-state index is 0.0806. The van der Waals surface area contributed by atoms with Crippen molar-refractivity contribution in [1.29, 1.82) is 0 Å². The van der Waals surface area contributed by atoms with Gasteiger partial charge in [-0.3, -0.25) is 4.79 Å². The van der Waals surface area contributed by atoms with Gasteiger partial charge in [-0.05, 0) is 33.1 Å². The summed E-state index contributed by atoms with van der Waals surface area (Å²) in [7, 11) is 0. The molecule has 0 aliphatic carbocycles. The third kappa shape index (κ3) is 4.49. The zero-order valence-electron chi connectivity index (χ0n) is 10.4. The number of carbonyl (C=O) groups is 1. The van der Waals surface area contributed by atoms with E-state index in [1.165, 1.54) is 0 Å². The Kier molecular flexibility index (Phi) is 5.77. The fourth-order valence-electron chi connectivity index (χ4n) is 2.10. The highest BCUT2D eigenvalue weighted by Gasteiger charge is 2.21. The molecule has 1 aliphatic rings. The summed E-state index contributed by atoms with van der Waals surface area (Å²) in [6.45, 7) is 6.66. The summed E-state index contributed by atoms with van der Waals surface area (Å²) in [4.78, 5) is 13.9. The van der Waals surface area contributed by atoms with Crippen molar-refractivity contribution in [2.75, 3.05) is 19.7 Å². The topological polar surface area (TPSA) is 52.6 Å². The van der Waals surface area contributed by atoms with Gasteiger partial charge in [-0.25, -0.2) is 0 Å². The number of hydrogen-bond acceptors (Lipinski definition) is 3. The molecular weight excluding hydrogens is 204 g/mol. The molecule has 16 heavy (non-hydrogen) atoms. The molecule has 0 unspecified atom stereocenters. The Balaban J connectivity index is 2.19. The summed E-state index contributed by atoms with van der Waals surface area (Å²) in [6.07, 6.45) is 3.10. The average molecular weight is 228 g/mol. The Morgan fingerprint density at radius 3 is 2.56 bits per heavy atom. The molecule has 0 bridgehead atoms. The van der Waals surface area contributed by atoms with Crippen molar-refractivity contribution in [2.45, 2.75) is 51.6 Å². The summed E-state index contributed by atoms with van der Waals surface area (Å²) in [6, 6.07) is 0.937. The van der Waals surface area contributed by atoms with E-state index in [9.17, 15) is 4.79 Å². The molecule has 1 aliphatic heterocycles. The lowest BCUT2D eigenvalue weighted by Crippen LogP contribution is -2.46. The van der Waals surface area contributed by atoms with E-state index in [2.05, 4.69) is 24.1 Å². The van der Waals surface area contributed by atoms with Gasteiger partial charge in [0.15, 0.2) is 0 Å². The normalized spacial score (nSPS) is 19.0. The fourth-order valence-corrected chi connectivity index (χ4v) is 2.10. The second-order valence-corrected chi connectivity index (χ2v) is 4.80. The van der Waals surface area contributed by atoms with E-state index in [1.807, 2.05) is 0 Å². The lowest BCUT2D eigenvalue weighted by Gasteiger charge is -2.34. The van der Waals surface area contributed by atoms with Crippen molar-refractivity contribution < 1.29 is 9.90 Å². The minimum Gasteiger partial charge on any atom is -0.396 e. The Morgan fingerprint density at radius 2 is 2.06 bits per heavy atom. The predicted octanol–water partition coefficient (Wildman–Crippen LogP) is 0.748. The molecule has 1 amide bonds. The van der Waals surface area contributed by atoms with E-state index in [-0.39, 0.29) is 12.5 Å². The van der Waals surface area contributed by atoms with Crippen molar-refractivity contribution in [3.05, 3.63) is 0 Å². The monoisotopic (exact) mass is 228 g/mol. The van der Waals surface area contributed by atoms with Gasteiger partial charge in [0, 0.05) is 38.2 Å². The molecule has 0 saturated carbocycles. The number of nitrogens with zero attached hydrogens (tertiary/aromatic N) is 1. The van der Waals surface area contributed by atoms with Crippen LogP contribution in [0.1, 0.15) is 39.5 Å². The van der Waals surface area contributed by atoms with Gasteiger partial charge in [-0.2, -0.15) is 0 Å². The lowest BCUT2D eigenvalue weighted by atomic mass is 10.0. The first-order valence-corrected chi connectivity index (χ1v) is 6.27. The molecule has 2 N–H and O–H groups in total. The third-order valence-electron chi connectivity index (χ3n) is 3.19. The van der Waals surface area contributed by atoms with Gasteiger partial charge in [0.25, 0.3) is 0 Å². The summed E-state index contributed by atoms with van der Waals surface area (Å²) >= 11 is 0. The van der Waals surface area contributed by atoms with Crippen molar-refractivity contribution >= 4 is 5.91 Å². The molecule has 1 fully saturated rings. The van der Waals surface area contributed by atoms with E-state index in [1.54, 1.807) is 0 Å². The molecule has 4 heteroatoms. The van der Waals surface area contributed by atoms with E-state index in [4.69, 9.17) is 5.11 Å². The summed E-state index contributed by atoms with van der Waals surface area (Å²) in [5, 5.41) is 11.7. The number of likely N-dealkylation sites (tertiary alicyclic amines) is 1. The molecule has 1 rings (SSSR count). The Morgan fingerprint density at radius 1 is 1.44 bits per heavy atom. The van der Waals surface area contributed by atoms with Crippen LogP contribution in [0.5, 0.6) is 0 Å². The van der Waals surface area contributed by atoms with Gasteiger partial charge in [0.05, 0.1) is 0 Å². The lowest BCUT2D eigenvalue weighted by molar-refractivity contribution is -0.122. The van der Waals surface area contributed by atoms with Crippen molar-refractivity contribution in [1.82, 2.24) is 10.2 Å². The van der Waals surface area contributed by atoms with Gasteiger partial charge in [0.2, 0.25) is 5.91 Å². The molecule has 0 spiro atoms. The van der Waals surface area contributed by atoms with Gasteiger partial charge < -0.3 is 15.3 Å². The minimum absolute atomic E-state index is 0.0806. The first-order chi connectivity index (χ1) is 7.63. The van der Waals surface area contributed by atoms with Gasteiger partial charge >= 0.3 is 0 Å². The molecule has 0 aromatic heterocycles. The van der Waals surface area contributed by atoms with Crippen LogP contribution >= 0.6 is 0 Å². The quantitative estimate of drug-likeness (QED) is 0.730. The van der Waals surface area contributed by atoms with Crippen molar-refractivity contribution in [3.63, 3.8) is 0 Å². The fraction of sp³-hybridized carbons (Fsp3) is 0.917. The Hall–Kier alpha value is -0.610. The highest BCUT2D eigenvalue weighted by molar-refractivity contribution is 5.76. The number of aliphatic hydroxyl groups excluding tert-OH is 1. The summed E-state index contributed by atoms with van der Waals surface area (Å²) in [5.74, 6) is 0.0806. The van der Waals surface area contributed by atoms with Gasteiger partial charge in [0.1, 0.15) is 0 Å². The number of piperidine rings is 1. The maximum atomic E-state index is 11.4. The molecule has 1 heterocycles. The van der Waals surface area contributed by atoms with Crippen LogP contribution < -0.4 is 5.32 Å². The molecule has 0 atom stereocenters. The largest absolute Gasteiger partial charge is 0.396 e. The van der Waals surface area contributed by atoms with Crippen molar-refractivity contribution in [2.24, 2.45) is 0 Å². The van der Waals surface area contributed by atoms with E-state index < -0.39 is 0 Å². The molecular formula is C12H24N2O2. The molecule has 0 radical (unpaired) electrons. The van der Waals surface area contributed by atoms with Crippen LogP contribution in [-0.4, -0.2) is 47.7 Å². The van der Waals surface area contributed by atoms with Crippen LogP contribution in [0.25, 0.3) is 0 Å². The van der Waals surface area contributed by atoms with Crippen LogP contribution in [0, 0.1) is 0 Å². The SMILES string of the molecule is CC(C)N1CCC(NC(=O)CCCO)CC1. The Bertz CT molecular complexity index is 211. The molecule has 1 saturated heterocycles. The van der Waals surface area contributed by atoms with Crippen LogP contribution in [0.2, 0.25) is 0 Å². The summed E-state index contributed by atoms with van der Waals surface area (Å²) < 4.78 is 0. The molecule has 4 nitrogen and oxygen atoms in total. The maximum Gasteiger partial charge on any atom is 0.220 e. The van der Waals surface area contributed by atoms with Crippen LogP contribution in [-0.2, 0) is 4.79 Å². The highest BCUT2D eigenvalue weighted by Crippen LogP contribution is 2.12. The number of hydrogen-bond donors (Lipinski definition) is 2. The van der Waals surface area contributed by atoms with E-state index >= 15 is 0 Å². The van der Waals surface area contributed by atoms with Crippen molar-refractivity contribution in [3.8, 4) is 0 Å². The van der Waals surface area contributed by atoms with Crippen LogP contribution in [0.3, 0.4) is 0 Å². The summed E-state index contributed by atoms with van der Waals surface area (Å²) in [5.41, 5.74) is 0. The van der Waals surface area contributed by atoms with Crippen LogP contribution in [0.4, 0.5) is 0 Å². The predicted molar refractivity (Wildman–Crippen MR) is 64.2 cm³/mol.